The van der Waals surface area contributed by atoms with Crippen molar-refractivity contribution in [2.75, 3.05) is 11.9 Å². The summed E-state index contributed by atoms with van der Waals surface area (Å²) in [6.07, 6.45) is 6.63. The molecule has 2 amide bonds. The fourth-order valence-corrected chi connectivity index (χ4v) is 4.10. The molecule has 4 rings (SSSR count). The van der Waals surface area contributed by atoms with Crippen molar-refractivity contribution in [2.45, 2.75) is 6.04 Å². The maximum Gasteiger partial charge on any atom is 0.320 e. The third-order valence-corrected chi connectivity index (χ3v) is 5.80. The lowest BCUT2D eigenvalue weighted by Gasteiger charge is -2.18. The number of nitrogens with one attached hydrogen (secondary N) is 3. The number of aromatic nitrogens is 3. The van der Waals surface area contributed by atoms with Gasteiger partial charge in [-0.2, -0.15) is 0 Å². The standard InChI is InChI=1S/C22H16ClN5O3S/c1-2-19-27-18(10-32-19)28-22(31)26-17(9-29)12-6-7-13(15(23)8-12)14-4-3-5-16-20(14)21(30)25-11-24-16/h1,3-8,10-11,17,29H,9H2,(H,24,25,30)(H2,26,28,31)/t17-/m0/s1. The molecule has 32 heavy (non-hydrogen) atoms. The molecule has 0 radical (unpaired) electrons. The minimum atomic E-state index is -0.718. The smallest absolute Gasteiger partial charge is 0.320 e. The van der Waals surface area contributed by atoms with Crippen molar-refractivity contribution in [1.82, 2.24) is 20.3 Å². The van der Waals surface area contributed by atoms with Crippen molar-refractivity contribution < 1.29 is 9.90 Å². The Morgan fingerprint density at radius 2 is 2.16 bits per heavy atom. The first-order valence-corrected chi connectivity index (χ1v) is 10.6. The Balaban J connectivity index is 1.59. The largest absolute Gasteiger partial charge is 0.394 e. The van der Waals surface area contributed by atoms with E-state index >= 15 is 0 Å². The van der Waals surface area contributed by atoms with Gasteiger partial charge in [-0.05, 0) is 29.2 Å². The van der Waals surface area contributed by atoms with Gasteiger partial charge in [0.15, 0.2) is 5.01 Å². The number of amides is 2. The van der Waals surface area contributed by atoms with E-state index in [1.165, 1.54) is 17.7 Å². The van der Waals surface area contributed by atoms with Crippen LogP contribution >= 0.6 is 22.9 Å². The maximum atomic E-state index is 12.4. The first-order chi connectivity index (χ1) is 15.5. The van der Waals surface area contributed by atoms with Gasteiger partial charge in [0.25, 0.3) is 5.56 Å². The molecule has 0 bridgehead atoms. The first kappa shape index (κ1) is 21.5. The van der Waals surface area contributed by atoms with E-state index in [9.17, 15) is 14.7 Å². The number of hydrogen-bond acceptors (Lipinski definition) is 6. The second kappa shape index (κ2) is 9.20. The van der Waals surface area contributed by atoms with Gasteiger partial charge in [0.05, 0.1) is 29.9 Å². The predicted octanol–water partition coefficient (Wildman–Crippen LogP) is 3.54. The number of aromatic amines is 1. The minimum absolute atomic E-state index is 0.271. The first-order valence-electron chi connectivity index (χ1n) is 9.37. The lowest BCUT2D eigenvalue weighted by atomic mass is 9.98. The van der Waals surface area contributed by atoms with E-state index in [0.29, 0.717) is 43.4 Å². The highest BCUT2D eigenvalue weighted by Gasteiger charge is 2.17. The van der Waals surface area contributed by atoms with Crippen LogP contribution in [-0.4, -0.2) is 32.7 Å². The number of urea groups is 1. The van der Waals surface area contributed by atoms with Crippen LogP contribution in [0.5, 0.6) is 0 Å². The molecular formula is C22H16ClN5O3S. The Kier molecular flexibility index (Phi) is 6.18. The highest BCUT2D eigenvalue weighted by Crippen LogP contribution is 2.33. The number of nitrogens with zero attached hydrogens (tertiary/aromatic N) is 2. The normalized spacial score (nSPS) is 11.7. The second-order valence-corrected chi connectivity index (χ2v) is 7.95. The number of fused-ring (bicyclic) bond motifs is 1. The molecule has 0 fully saturated rings. The van der Waals surface area contributed by atoms with E-state index in [0.717, 1.165) is 0 Å². The van der Waals surface area contributed by atoms with E-state index in [2.05, 4.69) is 31.5 Å². The zero-order valence-electron chi connectivity index (χ0n) is 16.4. The van der Waals surface area contributed by atoms with Crippen LogP contribution in [0.3, 0.4) is 0 Å². The summed E-state index contributed by atoms with van der Waals surface area (Å²) < 4.78 is 0. The molecule has 4 N–H and O–H groups in total. The Morgan fingerprint density at radius 3 is 2.88 bits per heavy atom. The summed E-state index contributed by atoms with van der Waals surface area (Å²) in [4.78, 5) is 35.5. The topological polar surface area (TPSA) is 120 Å². The summed E-state index contributed by atoms with van der Waals surface area (Å²) in [7, 11) is 0. The number of benzene rings is 2. The lowest BCUT2D eigenvalue weighted by molar-refractivity contribution is 0.225. The van der Waals surface area contributed by atoms with Crippen LogP contribution in [0.1, 0.15) is 16.6 Å². The van der Waals surface area contributed by atoms with Gasteiger partial charge in [0.2, 0.25) is 0 Å². The molecule has 2 heterocycles. The van der Waals surface area contributed by atoms with Gasteiger partial charge in [0, 0.05) is 16.0 Å². The van der Waals surface area contributed by atoms with Crippen LogP contribution in [0.25, 0.3) is 22.0 Å². The van der Waals surface area contributed by atoms with Gasteiger partial charge in [-0.15, -0.1) is 17.8 Å². The molecule has 2 aromatic heterocycles. The molecule has 0 saturated heterocycles. The lowest BCUT2D eigenvalue weighted by Crippen LogP contribution is -2.34. The van der Waals surface area contributed by atoms with Crippen molar-refractivity contribution in [1.29, 1.82) is 0 Å². The molecule has 0 aliphatic heterocycles. The number of rotatable bonds is 5. The van der Waals surface area contributed by atoms with Crippen molar-refractivity contribution in [3.63, 3.8) is 0 Å². The number of thiazole rings is 1. The summed E-state index contributed by atoms with van der Waals surface area (Å²) in [6.45, 7) is -0.354. The molecule has 10 heteroatoms. The van der Waals surface area contributed by atoms with E-state index in [-0.39, 0.29) is 12.2 Å². The number of halogens is 1. The molecule has 0 saturated carbocycles. The summed E-state index contributed by atoms with van der Waals surface area (Å²) in [5.74, 6) is 2.71. The number of aliphatic hydroxyl groups is 1. The molecular weight excluding hydrogens is 450 g/mol. The zero-order valence-corrected chi connectivity index (χ0v) is 18.0. The minimum Gasteiger partial charge on any atom is -0.394 e. The number of H-pyrrole nitrogens is 1. The molecule has 1 atom stereocenters. The van der Waals surface area contributed by atoms with Gasteiger partial charge >= 0.3 is 6.03 Å². The van der Waals surface area contributed by atoms with Crippen LogP contribution in [0.15, 0.2) is 52.9 Å². The Hall–Kier alpha value is -3.71. The van der Waals surface area contributed by atoms with Gasteiger partial charge in [-0.25, -0.2) is 14.8 Å². The van der Waals surface area contributed by atoms with Crippen LogP contribution in [0.2, 0.25) is 5.02 Å². The molecule has 2 aromatic carbocycles. The third kappa shape index (κ3) is 4.33. The van der Waals surface area contributed by atoms with Crippen LogP contribution in [0.4, 0.5) is 10.6 Å². The van der Waals surface area contributed by atoms with Crippen molar-refractivity contribution in [3.05, 3.63) is 74.1 Å². The van der Waals surface area contributed by atoms with Crippen molar-refractivity contribution in [2.24, 2.45) is 0 Å². The number of aliphatic hydroxyl groups excluding tert-OH is 1. The average Bonchev–Trinajstić information content (AvgIpc) is 3.24. The number of carbonyl (C=O) groups is 1. The highest BCUT2D eigenvalue weighted by atomic mass is 35.5. The molecule has 0 spiro atoms. The summed E-state index contributed by atoms with van der Waals surface area (Å²) in [5.41, 5.74) is 2.13. The number of terminal acetylenes is 1. The third-order valence-electron chi connectivity index (χ3n) is 4.71. The molecule has 160 valence electrons. The van der Waals surface area contributed by atoms with Crippen molar-refractivity contribution >= 4 is 45.7 Å². The van der Waals surface area contributed by atoms with E-state index in [4.69, 9.17) is 18.0 Å². The Morgan fingerprint density at radius 1 is 1.31 bits per heavy atom. The predicted molar refractivity (Wildman–Crippen MR) is 125 cm³/mol. The SMILES string of the molecule is C#Cc1nc(NC(=O)N[C@@H](CO)c2ccc(-c3cccc4nc[nH]c(=O)c34)c(Cl)c2)cs1. The average molecular weight is 466 g/mol. The fraction of sp³-hybridized carbons (Fsp3) is 0.0909. The second-order valence-electron chi connectivity index (χ2n) is 6.69. The maximum absolute atomic E-state index is 12.4. The Bertz CT molecular complexity index is 1400. The van der Waals surface area contributed by atoms with E-state index < -0.39 is 12.1 Å². The molecule has 8 nitrogen and oxygen atoms in total. The highest BCUT2D eigenvalue weighted by molar-refractivity contribution is 7.10. The Labute approximate surface area is 191 Å². The van der Waals surface area contributed by atoms with Gasteiger partial charge in [-0.3, -0.25) is 10.1 Å². The number of carbonyl (C=O) groups excluding carboxylic acids is 1. The summed E-state index contributed by atoms with van der Waals surface area (Å²) in [5, 5.41) is 17.9. The monoisotopic (exact) mass is 465 g/mol. The molecule has 4 aromatic rings. The number of hydrogen-bond donors (Lipinski definition) is 4. The quantitative estimate of drug-likeness (QED) is 0.336. The molecule has 0 aliphatic rings. The van der Waals surface area contributed by atoms with Crippen LogP contribution in [0, 0.1) is 12.3 Å². The fourth-order valence-electron chi connectivity index (χ4n) is 3.25. The molecule has 0 unspecified atom stereocenters. The summed E-state index contributed by atoms with van der Waals surface area (Å²) in [6, 6.07) is 9.16. The molecule has 0 aliphatic carbocycles. The van der Waals surface area contributed by atoms with Gasteiger partial charge in [-0.1, -0.05) is 35.9 Å². The van der Waals surface area contributed by atoms with Gasteiger partial charge in [0.1, 0.15) is 5.82 Å². The summed E-state index contributed by atoms with van der Waals surface area (Å²) >= 11 is 7.76. The zero-order chi connectivity index (χ0) is 22.7. The number of anilines is 1. The van der Waals surface area contributed by atoms with Gasteiger partial charge < -0.3 is 15.4 Å². The van der Waals surface area contributed by atoms with E-state index in [1.807, 2.05) is 0 Å². The van der Waals surface area contributed by atoms with Crippen molar-refractivity contribution in [3.8, 4) is 23.5 Å². The van der Waals surface area contributed by atoms with Crippen LogP contribution < -0.4 is 16.2 Å². The van der Waals surface area contributed by atoms with E-state index in [1.54, 1.807) is 41.8 Å². The van der Waals surface area contributed by atoms with Crippen LogP contribution in [-0.2, 0) is 0 Å².